The van der Waals surface area contributed by atoms with Gasteiger partial charge in [0, 0.05) is 10.7 Å². The molecule has 0 aromatic carbocycles. The second-order valence-electron chi connectivity index (χ2n) is 5.84. The van der Waals surface area contributed by atoms with E-state index in [1.807, 2.05) is 45.2 Å². The first-order valence-corrected chi connectivity index (χ1v) is 7.22. The Morgan fingerprint density at radius 2 is 1.95 bits per heavy atom. The molecule has 1 unspecified atom stereocenters. The summed E-state index contributed by atoms with van der Waals surface area (Å²) in [5.74, 6) is -1.10. The molecule has 1 N–H and O–H groups in total. The number of rotatable bonds is 4. The van der Waals surface area contributed by atoms with Crippen LogP contribution >= 0.6 is 11.3 Å². The summed E-state index contributed by atoms with van der Waals surface area (Å²) in [6.07, 6.45) is 0.0112. The molecule has 6 heteroatoms. The Kier molecular flexibility index (Phi) is 3.77. The minimum absolute atomic E-state index is 0.0112. The van der Waals surface area contributed by atoms with E-state index in [1.165, 1.54) is 11.3 Å². The fourth-order valence-electron chi connectivity index (χ4n) is 2.07. The van der Waals surface area contributed by atoms with Gasteiger partial charge in [-0.2, -0.15) is 0 Å². The smallest absolute Gasteiger partial charge is 0.467 e. The van der Waals surface area contributed by atoms with E-state index in [2.05, 4.69) is 0 Å². The molecule has 4 nitrogen and oxygen atoms in total. The first-order chi connectivity index (χ1) is 8.73. The molecule has 0 amide bonds. The lowest BCUT2D eigenvalue weighted by Gasteiger charge is -2.32. The molecule has 19 heavy (non-hydrogen) atoms. The molecule has 1 fully saturated rings. The van der Waals surface area contributed by atoms with Crippen LogP contribution < -0.4 is 0 Å². The molecule has 2 heterocycles. The summed E-state index contributed by atoms with van der Waals surface area (Å²) < 4.78 is 11.9. The van der Waals surface area contributed by atoms with Gasteiger partial charge in [0.1, 0.15) is 0 Å². The van der Waals surface area contributed by atoms with Crippen LogP contribution in [0.4, 0.5) is 0 Å². The van der Waals surface area contributed by atoms with Crippen molar-refractivity contribution in [2.75, 3.05) is 0 Å². The third-order valence-electron chi connectivity index (χ3n) is 3.90. The third-order valence-corrected chi connectivity index (χ3v) is 4.91. The van der Waals surface area contributed by atoms with Crippen molar-refractivity contribution in [1.82, 2.24) is 0 Å². The van der Waals surface area contributed by atoms with Gasteiger partial charge in [0.2, 0.25) is 0 Å². The molecule has 2 rings (SSSR count). The highest BCUT2D eigenvalue weighted by atomic mass is 32.1. The molecule has 104 valence electrons. The molecule has 0 aliphatic carbocycles. The average molecular weight is 282 g/mol. The van der Waals surface area contributed by atoms with E-state index in [1.54, 1.807) is 0 Å². The van der Waals surface area contributed by atoms with Crippen molar-refractivity contribution < 1.29 is 19.2 Å². The van der Waals surface area contributed by atoms with Gasteiger partial charge >= 0.3 is 13.1 Å². The van der Waals surface area contributed by atoms with Crippen molar-refractivity contribution in [1.29, 1.82) is 0 Å². The van der Waals surface area contributed by atoms with Crippen molar-refractivity contribution >= 4 is 24.4 Å². The Labute approximate surface area is 117 Å². The number of aliphatic carboxylic acids is 1. The standard InChI is InChI=1S/C13H19BO4S/c1-12(2)13(3,4)18-14(17-12)9(8-11(15)16)10-6-5-7-19-10/h5-7,9H,8H2,1-4H3,(H,15,16). The second kappa shape index (κ2) is 4.92. The maximum absolute atomic E-state index is 11.1. The van der Waals surface area contributed by atoms with E-state index >= 15 is 0 Å². The monoisotopic (exact) mass is 282 g/mol. The Morgan fingerprint density at radius 3 is 2.37 bits per heavy atom. The van der Waals surface area contributed by atoms with Crippen LogP contribution in [0.2, 0.25) is 0 Å². The van der Waals surface area contributed by atoms with Crippen LogP contribution in [0.1, 0.15) is 44.8 Å². The predicted molar refractivity (Wildman–Crippen MR) is 75.4 cm³/mol. The molecule has 1 atom stereocenters. The molecule has 0 radical (unpaired) electrons. The van der Waals surface area contributed by atoms with Gasteiger partial charge in [0.15, 0.2) is 0 Å². The first kappa shape index (κ1) is 14.6. The summed E-state index contributed by atoms with van der Waals surface area (Å²) in [4.78, 5) is 12.1. The van der Waals surface area contributed by atoms with Gasteiger partial charge in [-0.3, -0.25) is 4.79 Å². The van der Waals surface area contributed by atoms with Crippen LogP contribution in [0.25, 0.3) is 0 Å². The van der Waals surface area contributed by atoms with E-state index in [9.17, 15) is 4.79 Å². The van der Waals surface area contributed by atoms with Gasteiger partial charge in [0.25, 0.3) is 0 Å². The summed E-state index contributed by atoms with van der Waals surface area (Å²) in [6.45, 7) is 7.89. The Hall–Kier alpha value is -0.845. The maximum atomic E-state index is 11.1. The lowest BCUT2D eigenvalue weighted by Crippen LogP contribution is -2.41. The molecule has 0 bridgehead atoms. The van der Waals surface area contributed by atoms with E-state index in [-0.39, 0.29) is 12.2 Å². The topological polar surface area (TPSA) is 55.8 Å². The normalized spacial score (nSPS) is 22.4. The van der Waals surface area contributed by atoms with Crippen molar-refractivity contribution in [3.05, 3.63) is 22.4 Å². The molecule has 1 aliphatic heterocycles. The van der Waals surface area contributed by atoms with Gasteiger partial charge in [-0.15, -0.1) is 11.3 Å². The molecule has 1 aromatic heterocycles. The van der Waals surface area contributed by atoms with Gasteiger partial charge in [0.05, 0.1) is 17.6 Å². The molecule has 0 saturated carbocycles. The van der Waals surface area contributed by atoms with Crippen molar-refractivity contribution in [2.45, 2.75) is 51.1 Å². The SMILES string of the molecule is CC1(C)OB(C(CC(=O)O)c2cccs2)OC1(C)C. The zero-order valence-electron chi connectivity index (χ0n) is 11.7. The van der Waals surface area contributed by atoms with E-state index in [0.29, 0.717) is 0 Å². The van der Waals surface area contributed by atoms with Crippen molar-refractivity contribution in [3.8, 4) is 0 Å². The second-order valence-corrected chi connectivity index (χ2v) is 6.82. The molecule has 1 aliphatic rings. The summed E-state index contributed by atoms with van der Waals surface area (Å²) in [6, 6.07) is 3.85. The highest BCUT2D eigenvalue weighted by molar-refractivity contribution is 7.10. The van der Waals surface area contributed by atoms with E-state index in [4.69, 9.17) is 14.4 Å². The van der Waals surface area contributed by atoms with Gasteiger partial charge in [-0.05, 0) is 39.1 Å². The fraction of sp³-hybridized carbons (Fsp3) is 0.615. The number of carboxylic acids is 1. The van der Waals surface area contributed by atoms with Crippen LogP contribution in [0.3, 0.4) is 0 Å². The quantitative estimate of drug-likeness (QED) is 0.863. The van der Waals surface area contributed by atoms with Gasteiger partial charge in [-0.25, -0.2) is 0 Å². The molecule has 0 spiro atoms. The summed E-state index contributed by atoms with van der Waals surface area (Å²) >= 11 is 1.54. The zero-order valence-corrected chi connectivity index (χ0v) is 12.5. The highest BCUT2D eigenvalue weighted by Crippen LogP contribution is 2.42. The number of hydrogen-bond donors (Lipinski definition) is 1. The predicted octanol–water partition coefficient (Wildman–Crippen LogP) is 2.94. The van der Waals surface area contributed by atoms with Crippen LogP contribution in [-0.4, -0.2) is 29.4 Å². The van der Waals surface area contributed by atoms with Gasteiger partial charge in [-0.1, -0.05) is 6.07 Å². The van der Waals surface area contributed by atoms with Crippen molar-refractivity contribution in [3.63, 3.8) is 0 Å². The lowest BCUT2D eigenvalue weighted by molar-refractivity contribution is -0.137. The minimum Gasteiger partial charge on any atom is -0.481 e. The average Bonchev–Trinajstić information content (AvgIpc) is 2.82. The van der Waals surface area contributed by atoms with Crippen LogP contribution in [-0.2, 0) is 14.1 Å². The first-order valence-electron chi connectivity index (χ1n) is 6.34. The molecular weight excluding hydrogens is 263 g/mol. The summed E-state index contributed by atoms with van der Waals surface area (Å²) in [5.41, 5.74) is -0.878. The Balaban J connectivity index is 2.24. The fourth-order valence-corrected chi connectivity index (χ4v) is 2.91. The lowest BCUT2D eigenvalue weighted by atomic mass is 9.69. The van der Waals surface area contributed by atoms with Crippen LogP contribution in [0.5, 0.6) is 0 Å². The van der Waals surface area contributed by atoms with E-state index in [0.717, 1.165) is 4.88 Å². The summed E-state index contributed by atoms with van der Waals surface area (Å²) in [5, 5.41) is 11.0. The maximum Gasteiger partial charge on any atom is 0.467 e. The largest absolute Gasteiger partial charge is 0.481 e. The van der Waals surface area contributed by atoms with E-state index < -0.39 is 24.3 Å². The molecule has 1 saturated heterocycles. The number of carboxylic acid groups (broad SMARTS) is 1. The Morgan fingerprint density at radius 1 is 1.37 bits per heavy atom. The van der Waals surface area contributed by atoms with Crippen LogP contribution in [0, 0.1) is 0 Å². The van der Waals surface area contributed by atoms with Gasteiger partial charge < -0.3 is 14.4 Å². The number of thiophene rings is 1. The van der Waals surface area contributed by atoms with Crippen molar-refractivity contribution in [2.24, 2.45) is 0 Å². The molecular formula is C13H19BO4S. The highest BCUT2D eigenvalue weighted by Gasteiger charge is 2.54. The van der Waals surface area contributed by atoms with Crippen LogP contribution in [0.15, 0.2) is 17.5 Å². The molecule has 1 aromatic rings. The number of carbonyl (C=O) groups is 1. The number of hydrogen-bond acceptors (Lipinski definition) is 4. The Bertz CT molecular complexity index is 439. The summed E-state index contributed by atoms with van der Waals surface area (Å²) in [7, 11) is -0.514. The third kappa shape index (κ3) is 2.85. The minimum atomic E-state index is -0.840. The zero-order chi connectivity index (χ0) is 14.3.